The van der Waals surface area contributed by atoms with Gasteiger partial charge in [-0.3, -0.25) is 4.68 Å². The maximum Gasteiger partial charge on any atom is 0.0659 e. The highest BCUT2D eigenvalue weighted by atomic mass is 15.3. The Bertz CT molecular complexity index is 1170. The molecule has 6 heteroatoms. The Kier molecular flexibility index (Phi) is 4.06. The molecule has 28 heavy (non-hydrogen) atoms. The van der Waals surface area contributed by atoms with Crippen molar-refractivity contribution in [3.05, 3.63) is 103 Å². The van der Waals surface area contributed by atoms with E-state index in [4.69, 9.17) is 0 Å². The summed E-state index contributed by atoms with van der Waals surface area (Å²) in [5, 5.41) is 13.2. The first kappa shape index (κ1) is 16.3. The molecule has 5 aromatic rings. The second-order valence-electron chi connectivity index (χ2n) is 6.55. The van der Waals surface area contributed by atoms with Crippen molar-refractivity contribution in [1.82, 2.24) is 29.3 Å². The van der Waals surface area contributed by atoms with Gasteiger partial charge in [0.25, 0.3) is 0 Å². The van der Waals surface area contributed by atoms with Crippen LogP contribution in [0, 0.1) is 0 Å². The first-order valence-electron chi connectivity index (χ1n) is 9.07. The quantitative estimate of drug-likeness (QED) is 0.473. The number of aromatic nitrogens is 6. The Morgan fingerprint density at radius 3 is 2.18 bits per heavy atom. The first-order chi connectivity index (χ1) is 13.8. The van der Waals surface area contributed by atoms with Crippen LogP contribution in [0.4, 0.5) is 0 Å². The van der Waals surface area contributed by atoms with E-state index < -0.39 is 0 Å². The van der Waals surface area contributed by atoms with Crippen LogP contribution in [0.3, 0.4) is 0 Å². The van der Waals surface area contributed by atoms with Crippen molar-refractivity contribution in [2.24, 2.45) is 0 Å². The molecule has 3 aromatic heterocycles. The van der Waals surface area contributed by atoms with Gasteiger partial charge in [-0.15, -0.1) is 0 Å². The fourth-order valence-electron chi connectivity index (χ4n) is 3.16. The number of benzene rings is 2. The van der Waals surface area contributed by atoms with E-state index in [-0.39, 0.29) is 0 Å². The molecule has 0 amide bonds. The number of para-hydroxylation sites is 1. The number of nitrogens with zero attached hydrogens (tertiary/aromatic N) is 6. The molecule has 0 aliphatic heterocycles. The molecule has 2 aromatic carbocycles. The van der Waals surface area contributed by atoms with Gasteiger partial charge < -0.3 is 0 Å². The lowest BCUT2D eigenvalue weighted by Crippen LogP contribution is -2.00. The summed E-state index contributed by atoms with van der Waals surface area (Å²) < 4.78 is 5.67. The predicted octanol–water partition coefficient (Wildman–Crippen LogP) is 3.97. The van der Waals surface area contributed by atoms with Crippen molar-refractivity contribution in [2.45, 2.75) is 6.54 Å². The molecule has 136 valence electrons. The highest BCUT2D eigenvalue weighted by Crippen LogP contribution is 2.20. The third-order valence-electron chi connectivity index (χ3n) is 4.62. The third-order valence-corrected chi connectivity index (χ3v) is 4.62. The second-order valence-corrected chi connectivity index (χ2v) is 6.55. The van der Waals surface area contributed by atoms with Crippen molar-refractivity contribution < 1.29 is 0 Å². The predicted molar refractivity (Wildman–Crippen MR) is 107 cm³/mol. The molecule has 0 aliphatic carbocycles. The average molecular weight is 366 g/mol. The van der Waals surface area contributed by atoms with Crippen LogP contribution < -0.4 is 0 Å². The summed E-state index contributed by atoms with van der Waals surface area (Å²) in [5.41, 5.74) is 5.37. The summed E-state index contributed by atoms with van der Waals surface area (Å²) in [6.07, 6.45) is 11.5. The molecule has 0 bridgehead atoms. The molecule has 0 unspecified atom stereocenters. The van der Waals surface area contributed by atoms with Gasteiger partial charge in [-0.05, 0) is 35.9 Å². The van der Waals surface area contributed by atoms with Gasteiger partial charge in [-0.2, -0.15) is 15.3 Å². The smallest absolute Gasteiger partial charge is 0.0659 e. The van der Waals surface area contributed by atoms with Crippen LogP contribution >= 0.6 is 0 Å². The van der Waals surface area contributed by atoms with E-state index in [1.54, 1.807) is 6.20 Å². The first-order valence-corrected chi connectivity index (χ1v) is 9.07. The number of hydrogen-bond acceptors (Lipinski definition) is 3. The molecule has 0 saturated heterocycles. The van der Waals surface area contributed by atoms with Crippen LogP contribution in [0.2, 0.25) is 0 Å². The topological polar surface area (TPSA) is 53.5 Å². The van der Waals surface area contributed by atoms with E-state index >= 15 is 0 Å². The minimum Gasteiger partial charge on any atom is -0.268 e. The third kappa shape index (κ3) is 3.23. The van der Waals surface area contributed by atoms with Gasteiger partial charge in [0.2, 0.25) is 0 Å². The molecule has 0 fully saturated rings. The van der Waals surface area contributed by atoms with E-state index in [2.05, 4.69) is 39.6 Å². The van der Waals surface area contributed by atoms with E-state index in [1.807, 2.05) is 81.4 Å². The standard InChI is InChI=1S/C22H18N6/c1-2-5-21(6-3-1)28-17-20(14-25-28)19-13-24-26(16-19)15-18-7-9-22(10-8-18)27-12-4-11-23-27/h1-14,16-17H,15H2. The SMILES string of the molecule is c1ccc(-n2cc(-c3cnn(Cc4ccc(-n5cccn5)cc4)c3)cn2)cc1. The molecule has 5 rings (SSSR count). The fourth-order valence-corrected chi connectivity index (χ4v) is 3.16. The zero-order valence-electron chi connectivity index (χ0n) is 15.1. The van der Waals surface area contributed by atoms with E-state index in [0.29, 0.717) is 6.54 Å². The van der Waals surface area contributed by atoms with Crippen LogP contribution in [0.5, 0.6) is 0 Å². The van der Waals surface area contributed by atoms with Crippen molar-refractivity contribution >= 4 is 0 Å². The summed E-state index contributed by atoms with van der Waals surface area (Å²) in [4.78, 5) is 0. The van der Waals surface area contributed by atoms with Gasteiger partial charge in [-0.25, -0.2) is 9.36 Å². The minimum absolute atomic E-state index is 0.714. The molecule has 0 saturated carbocycles. The van der Waals surface area contributed by atoms with Crippen LogP contribution in [-0.4, -0.2) is 29.3 Å². The molecule has 0 N–H and O–H groups in total. The Labute approximate surface area is 162 Å². The zero-order chi connectivity index (χ0) is 18.8. The zero-order valence-corrected chi connectivity index (χ0v) is 15.1. The summed E-state index contributed by atoms with van der Waals surface area (Å²) >= 11 is 0. The Morgan fingerprint density at radius 1 is 0.643 bits per heavy atom. The van der Waals surface area contributed by atoms with Gasteiger partial charge in [0.05, 0.1) is 30.3 Å². The van der Waals surface area contributed by atoms with Crippen molar-refractivity contribution in [2.75, 3.05) is 0 Å². The summed E-state index contributed by atoms with van der Waals surface area (Å²) in [5.74, 6) is 0. The van der Waals surface area contributed by atoms with E-state index in [1.165, 1.54) is 5.56 Å². The Hall–Kier alpha value is -3.93. The van der Waals surface area contributed by atoms with Gasteiger partial charge >= 0.3 is 0 Å². The van der Waals surface area contributed by atoms with Crippen LogP contribution in [0.15, 0.2) is 97.8 Å². The normalized spacial score (nSPS) is 11.0. The maximum absolute atomic E-state index is 4.50. The van der Waals surface area contributed by atoms with E-state index in [9.17, 15) is 0 Å². The van der Waals surface area contributed by atoms with E-state index in [0.717, 1.165) is 22.5 Å². The summed E-state index contributed by atoms with van der Waals surface area (Å²) in [6, 6.07) is 20.3. The van der Waals surface area contributed by atoms with Crippen LogP contribution in [0.1, 0.15) is 5.56 Å². The molecule has 0 radical (unpaired) electrons. The van der Waals surface area contributed by atoms with Gasteiger partial charge in [-0.1, -0.05) is 30.3 Å². The molecular formula is C22H18N6. The Morgan fingerprint density at radius 2 is 1.39 bits per heavy atom. The molecular weight excluding hydrogens is 348 g/mol. The summed E-state index contributed by atoms with van der Waals surface area (Å²) in [7, 11) is 0. The highest BCUT2D eigenvalue weighted by molar-refractivity contribution is 5.60. The molecule has 0 atom stereocenters. The van der Waals surface area contributed by atoms with Gasteiger partial charge in [0.15, 0.2) is 0 Å². The van der Waals surface area contributed by atoms with Gasteiger partial charge in [0.1, 0.15) is 0 Å². The fraction of sp³-hybridized carbons (Fsp3) is 0.0455. The second kappa shape index (κ2) is 7.00. The van der Waals surface area contributed by atoms with Gasteiger partial charge in [0, 0.05) is 35.9 Å². The molecule has 0 aliphatic rings. The minimum atomic E-state index is 0.714. The van der Waals surface area contributed by atoms with Crippen molar-refractivity contribution in [3.8, 4) is 22.5 Å². The highest BCUT2D eigenvalue weighted by Gasteiger charge is 2.07. The monoisotopic (exact) mass is 366 g/mol. The van der Waals surface area contributed by atoms with Crippen molar-refractivity contribution in [1.29, 1.82) is 0 Å². The largest absolute Gasteiger partial charge is 0.268 e. The van der Waals surface area contributed by atoms with Crippen molar-refractivity contribution in [3.63, 3.8) is 0 Å². The lowest BCUT2D eigenvalue weighted by atomic mass is 10.2. The average Bonchev–Trinajstić information content (AvgIpc) is 3.50. The lowest BCUT2D eigenvalue weighted by molar-refractivity contribution is 0.686. The number of rotatable bonds is 5. The molecule has 0 spiro atoms. The summed E-state index contributed by atoms with van der Waals surface area (Å²) in [6.45, 7) is 0.714. The molecule has 6 nitrogen and oxygen atoms in total. The molecule has 3 heterocycles. The van der Waals surface area contributed by atoms with Crippen LogP contribution in [0.25, 0.3) is 22.5 Å². The maximum atomic E-state index is 4.50. The lowest BCUT2D eigenvalue weighted by Gasteiger charge is -2.04. The number of hydrogen-bond donors (Lipinski definition) is 0. The Balaban J connectivity index is 1.32. The van der Waals surface area contributed by atoms with Crippen LogP contribution in [-0.2, 0) is 6.54 Å².